The smallest absolute Gasteiger partial charge is 0.290 e. The molecular formula is C21H25N5O3S. The van der Waals surface area contributed by atoms with Crippen molar-refractivity contribution in [3.63, 3.8) is 0 Å². The van der Waals surface area contributed by atoms with Crippen molar-refractivity contribution in [2.24, 2.45) is 0 Å². The Morgan fingerprint density at radius 3 is 2.30 bits per heavy atom. The average Bonchev–Trinajstić information content (AvgIpc) is 3.19. The molecule has 30 heavy (non-hydrogen) atoms. The molecule has 1 N–H and O–H groups in total. The third kappa shape index (κ3) is 5.31. The third-order valence-electron chi connectivity index (χ3n) is 4.53. The van der Waals surface area contributed by atoms with E-state index in [1.54, 1.807) is 11.6 Å². The lowest BCUT2D eigenvalue weighted by Crippen LogP contribution is -2.33. The highest BCUT2D eigenvalue weighted by Crippen LogP contribution is 2.20. The lowest BCUT2D eigenvalue weighted by atomic mass is 10.2. The van der Waals surface area contributed by atoms with E-state index in [0.717, 1.165) is 11.3 Å². The monoisotopic (exact) mass is 427 g/mol. The maximum atomic E-state index is 12.6. The summed E-state index contributed by atoms with van der Waals surface area (Å²) in [6.07, 6.45) is 1.68. The summed E-state index contributed by atoms with van der Waals surface area (Å²) >= 11 is 0. The van der Waals surface area contributed by atoms with Crippen molar-refractivity contribution >= 4 is 15.9 Å². The number of rotatable bonds is 9. The molecule has 0 aliphatic heterocycles. The number of benzene rings is 2. The highest BCUT2D eigenvalue weighted by molar-refractivity contribution is 7.88. The van der Waals surface area contributed by atoms with Gasteiger partial charge in [0.25, 0.3) is 5.91 Å². The minimum Gasteiger partial charge on any atom is -0.349 e. The fourth-order valence-corrected chi connectivity index (χ4v) is 3.96. The van der Waals surface area contributed by atoms with Gasteiger partial charge in [-0.3, -0.25) is 4.79 Å². The highest BCUT2D eigenvalue weighted by Gasteiger charge is 2.19. The van der Waals surface area contributed by atoms with E-state index in [2.05, 4.69) is 15.4 Å². The molecule has 0 saturated heterocycles. The van der Waals surface area contributed by atoms with Crippen molar-refractivity contribution in [2.45, 2.75) is 13.3 Å². The molecule has 0 atom stereocenters. The third-order valence-corrected chi connectivity index (χ3v) is 5.91. The Hall–Kier alpha value is -3.04. The average molecular weight is 428 g/mol. The van der Waals surface area contributed by atoms with Gasteiger partial charge >= 0.3 is 0 Å². The van der Waals surface area contributed by atoms with Crippen LogP contribution in [0.2, 0.25) is 0 Å². The molecule has 0 unspecified atom stereocenters. The molecule has 3 aromatic rings. The predicted octanol–water partition coefficient (Wildman–Crippen LogP) is 2.34. The minimum absolute atomic E-state index is 0.0631. The van der Waals surface area contributed by atoms with Gasteiger partial charge in [0.05, 0.1) is 11.9 Å². The number of sulfonamides is 1. The van der Waals surface area contributed by atoms with Gasteiger partial charge in [-0.05, 0) is 18.6 Å². The summed E-state index contributed by atoms with van der Waals surface area (Å²) in [6.45, 7) is 2.85. The molecule has 0 aliphatic carbocycles. The Balaban J connectivity index is 1.75. The Morgan fingerprint density at radius 2 is 1.70 bits per heavy atom. The second-order valence-electron chi connectivity index (χ2n) is 6.74. The largest absolute Gasteiger partial charge is 0.349 e. The first-order chi connectivity index (χ1) is 14.4. The minimum atomic E-state index is -3.24. The number of amides is 1. The van der Waals surface area contributed by atoms with Crippen LogP contribution < -0.4 is 5.32 Å². The second kappa shape index (κ2) is 9.64. The van der Waals surface area contributed by atoms with Crippen LogP contribution in [0.15, 0.2) is 60.7 Å². The number of hydrogen-bond acceptors (Lipinski definition) is 5. The highest BCUT2D eigenvalue weighted by atomic mass is 32.2. The molecule has 9 heteroatoms. The molecule has 0 fully saturated rings. The molecule has 0 spiro atoms. The zero-order valence-corrected chi connectivity index (χ0v) is 17.8. The second-order valence-corrected chi connectivity index (χ2v) is 8.72. The summed E-state index contributed by atoms with van der Waals surface area (Å²) in [5.74, 6) is 0.235. The first kappa shape index (κ1) is 21.7. The molecular weight excluding hydrogens is 402 g/mol. The van der Waals surface area contributed by atoms with E-state index in [1.807, 2.05) is 60.7 Å². The SMILES string of the molecule is CCN(CCCNC(=O)c1nc(-c2ccccc2)n(-c2ccccc2)n1)S(C)(=O)=O. The summed E-state index contributed by atoms with van der Waals surface area (Å²) in [5.41, 5.74) is 1.65. The van der Waals surface area contributed by atoms with Crippen molar-refractivity contribution in [3.05, 3.63) is 66.5 Å². The van der Waals surface area contributed by atoms with Crippen molar-refractivity contribution in [2.75, 3.05) is 25.9 Å². The summed E-state index contributed by atoms with van der Waals surface area (Å²) in [7, 11) is -3.24. The molecule has 0 saturated carbocycles. The maximum absolute atomic E-state index is 12.6. The normalized spacial score (nSPS) is 11.6. The van der Waals surface area contributed by atoms with Crippen molar-refractivity contribution < 1.29 is 13.2 Å². The van der Waals surface area contributed by atoms with E-state index in [4.69, 9.17) is 0 Å². The first-order valence-electron chi connectivity index (χ1n) is 9.71. The van der Waals surface area contributed by atoms with Gasteiger partial charge in [-0.2, -0.15) is 0 Å². The summed E-state index contributed by atoms with van der Waals surface area (Å²) in [4.78, 5) is 17.1. The van der Waals surface area contributed by atoms with E-state index < -0.39 is 15.9 Å². The van der Waals surface area contributed by atoms with E-state index in [0.29, 0.717) is 31.9 Å². The Labute approximate surface area is 176 Å². The van der Waals surface area contributed by atoms with Gasteiger partial charge in [-0.1, -0.05) is 55.5 Å². The molecule has 1 heterocycles. The predicted molar refractivity (Wildman–Crippen MR) is 116 cm³/mol. The van der Waals surface area contributed by atoms with Crippen LogP contribution in [-0.2, 0) is 10.0 Å². The molecule has 0 aliphatic rings. The molecule has 3 rings (SSSR count). The van der Waals surface area contributed by atoms with Gasteiger partial charge in [-0.15, -0.1) is 5.10 Å². The summed E-state index contributed by atoms with van der Waals surface area (Å²) in [5, 5.41) is 7.19. The van der Waals surface area contributed by atoms with Gasteiger partial charge in [0.1, 0.15) is 0 Å². The van der Waals surface area contributed by atoms with Crippen LogP contribution in [0.25, 0.3) is 17.1 Å². The Morgan fingerprint density at radius 1 is 1.07 bits per heavy atom. The number of para-hydroxylation sites is 1. The maximum Gasteiger partial charge on any atom is 0.290 e. The van der Waals surface area contributed by atoms with Crippen LogP contribution in [0.5, 0.6) is 0 Å². The van der Waals surface area contributed by atoms with Crippen LogP contribution in [0, 0.1) is 0 Å². The fraction of sp³-hybridized carbons (Fsp3) is 0.286. The van der Waals surface area contributed by atoms with Gasteiger partial charge in [0, 0.05) is 25.2 Å². The van der Waals surface area contributed by atoms with Gasteiger partial charge in [0.15, 0.2) is 5.82 Å². The number of nitrogens with zero attached hydrogens (tertiary/aromatic N) is 4. The lowest BCUT2D eigenvalue weighted by Gasteiger charge is -2.17. The molecule has 0 radical (unpaired) electrons. The van der Waals surface area contributed by atoms with E-state index in [-0.39, 0.29) is 5.82 Å². The molecule has 2 aromatic carbocycles. The van der Waals surface area contributed by atoms with Gasteiger partial charge in [0.2, 0.25) is 15.8 Å². The van der Waals surface area contributed by atoms with Crippen molar-refractivity contribution in [1.82, 2.24) is 24.4 Å². The van der Waals surface area contributed by atoms with Crippen LogP contribution in [0.1, 0.15) is 24.0 Å². The van der Waals surface area contributed by atoms with Crippen LogP contribution in [-0.4, -0.2) is 59.3 Å². The van der Waals surface area contributed by atoms with Crippen LogP contribution in [0.4, 0.5) is 0 Å². The Kier molecular flexibility index (Phi) is 6.96. The molecule has 8 nitrogen and oxygen atoms in total. The number of carbonyl (C=O) groups excluding carboxylic acids is 1. The van der Waals surface area contributed by atoms with E-state index in [9.17, 15) is 13.2 Å². The molecule has 1 amide bonds. The first-order valence-corrected chi connectivity index (χ1v) is 11.6. The van der Waals surface area contributed by atoms with Crippen LogP contribution in [0.3, 0.4) is 0 Å². The quantitative estimate of drug-likeness (QED) is 0.529. The van der Waals surface area contributed by atoms with Crippen molar-refractivity contribution in [3.8, 4) is 17.1 Å². The van der Waals surface area contributed by atoms with Crippen LogP contribution >= 0.6 is 0 Å². The Bertz CT molecular complexity index is 1030. The zero-order chi connectivity index (χ0) is 21.6. The standard InChI is InChI=1S/C21H25N5O3S/c1-3-25(30(2,28)29)16-10-15-22-21(27)19-23-20(17-11-6-4-7-12-17)26(24-19)18-13-8-5-9-14-18/h4-9,11-14H,3,10,15-16H2,1-2H3,(H,22,27). The van der Waals surface area contributed by atoms with Crippen molar-refractivity contribution in [1.29, 1.82) is 0 Å². The number of hydrogen-bond donors (Lipinski definition) is 1. The van der Waals surface area contributed by atoms with E-state index in [1.165, 1.54) is 10.6 Å². The number of nitrogens with one attached hydrogen (secondary N) is 1. The van der Waals surface area contributed by atoms with Gasteiger partial charge < -0.3 is 5.32 Å². The fourth-order valence-electron chi connectivity index (χ4n) is 3.03. The summed E-state index contributed by atoms with van der Waals surface area (Å²) < 4.78 is 26.3. The lowest BCUT2D eigenvalue weighted by molar-refractivity contribution is 0.0942. The summed E-state index contributed by atoms with van der Waals surface area (Å²) in [6, 6.07) is 19.0. The molecule has 0 bridgehead atoms. The van der Waals surface area contributed by atoms with E-state index >= 15 is 0 Å². The van der Waals surface area contributed by atoms with Gasteiger partial charge in [-0.25, -0.2) is 22.4 Å². The molecule has 1 aromatic heterocycles. The zero-order valence-electron chi connectivity index (χ0n) is 17.0. The molecule has 158 valence electrons. The topological polar surface area (TPSA) is 97.2 Å². The number of carbonyl (C=O) groups is 1. The number of aromatic nitrogens is 3.